The first-order chi connectivity index (χ1) is 9.55. The Balaban J connectivity index is 1.79. The molecule has 0 radical (unpaired) electrons. The number of likely N-dealkylation sites (tertiary alicyclic amines) is 1. The zero-order chi connectivity index (χ0) is 14.4. The van der Waals surface area contributed by atoms with Gasteiger partial charge in [0.15, 0.2) is 0 Å². The molecule has 0 aromatic heterocycles. The fraction of sp³-hybridized carbons (Fsp3) is 0.571. The highest BCUT2D eigenvalue weighted by Crippen LogP contribution is 2.13. The number of anilines is 1. The first-order valence-electron chi connectivity index (χ1n) is 7.15. The van der Waals surface area contributed by atoms with Gasteiger partial charge < -0.3 is 10.2 Å². The molecule has 0 amide bonds. The Kier molecular flexibility index (Phi) is 5.39. The van der Waals surface area contributed by atoms with Crippen molar-refractivity contribution < 1.29 is 8.42 Å². The van der Waals surface area contributed by atoms with Gasteiger partial charge in [0.1, 0.15) is 0 Å². The van der Waals surface area contributed by atoms with Crippen molar-refractivity contribution in [2.24, 2.45) is 5.14 Å². The molecule has 6 heteroatoms. The molecule has 112 valence electrons. The average molecular weight is 297 g/mol. The number of nitrogens with zero attached hydrogens (tertiary/aromatic N) is 1. The SMILES string of the molecule is NS(=O)(=O)c1ccc(NCCN2CCCCCC2)cc1. The van der Waals surface area contributed by atoms with Crippen molar-refractivity contribution in [3.8, 4) is 0 Å². The molecule has 1 saturated heterocycles. The molecular formula is C14H23N3O2S. The molecular weight excluding hydrogens is 274 g/mol. The van der Waals surface area contributed by atoms with Crippen molar-refractivity contribution in [2.45, 2.75) is 30.6 Å². The van der Waals surface area contributed by atoms with Gasteiger partial charge in [-0.2, -0.15) is 0 Å². The van der Waals surface area contributed by atoms with Crippen LogP contribution >= 0.6 is 0 Å². The molecule has 1 aromatic rings. The van der Waals surface area contributed by atoms with E-state index in [4.69, 9.17) is 5.14 Å². The van der Waals surface area contributed by atoms with Crippen LogP contribution in [0, 0.1) is 0 Å². The molecule has 1 aromatic carbocycles. The molecule has 0 unspecified atom stereocenters. The Morgan fingerprint density at radius 2 is 1.65 bits per heavy atom. The van der Waals surface area contributed by atoms with Crippen LogP contribution in [0.2, 0.25) is 0 Å². The van der Waals surface area contributed by atoms with Crippen LogP contribution in [0.5, 0.6) is 0 Å². The van der Waals surface area contributed by atoms with Crippen LogP contribution in [0.15, 0.2) is 29.2 Å². The molecule has 0 atom stereocenters. The van der Waals surface area contributed by atoms with E-state index in [0.717, 1.165) is 18.8 Å². The normalized spacial score (nSPS) is 17.6. The fourth-order valence-electron chi connectivity index (χ4n) is 2.48. The number of nitrogens with two attached hydrogens (primary N) is 1. The molecule has 1 aliphatic heterocycles. The van der Waals surface area contributed by atoms with Crippen LogP contribution in [-0.2, 0) is 10.0 Å². The van der Waals surface area contributed by atoms with Gasteiger partial charge in [0, 0.05) is 18.8 Å². The summed E-state index contributed by atoms with van der Waals surface area (Å²) in [5.74, 6) is 0. The molecule has 3 N–H and O–H groups in total. The van der Waals surface area contributed by atoms with Gasteiger partial charge >= 0.3 is 0 Å². The number of sulfonamides is 1. The van der Waals surface area contributed by atoms with Crippen molar-refractivity contribution in [1.82, 2.24) is 4.90 Å². The number of primary sulfonamides is 1. The van der Waals surface area contributed by atoms with Crippen LogP contribution in [-0.4, -0.2) is 39.5 Å². The topological polar surface area (TPSA) is 75.4 Å². The molecule has 20 heavy (non-hydrogen) atoms. The molecule has 2 rings (SSSR count). The Labute approximate surface area is 121 Å². The zero-order valence-electron chi connectivity index (χ0n) is 11.7. The maximum atomic E-state index is 11.1. The molecule has 0 spiro atoms. The lowest BCUT2D eigenvalue weighted by Gasteiger charge is -2.20. The number of benzene rings is 1. The van der Waals surface area contributed by atoms with E-state index in [1.807, 2.05) is 0 Å². The van der Waals surface area contributed by atoms with E-state index in [-0.39, 0.29) is 4.90 Å². The molecule has 1 aliphatic rings. The summed E-state index contributed by atoms with van der Waals surface area (Å²) >= 11 is 0. The summed E-state index contributed by atoms with van der Waals surface area (Å²) in [5.41, 5.74) is 0.923. The smallest absolute Gasteiger partial charge is 0.238 e. The average Bonchev–Trinajstić information content (AvgIpc) is 2.67. The minimum atomic E-state index is -3.60. The minimum Gasteiger partial charge on any atom is -0.384 e. The second-order valence-electron chi connectivity index (χ2n) is 5.25. The predicted octanol–water partition coefficient (Wildman–Crippen LogP) is 1.62. The van der Waals surface area contributed by atoms with Crippen LogP contribution in [0.1, 0.15) is 25.7 Å². The van der Waals surface area contributed by atoms with Crippen molar-refractivity contribution in [3.63, 3.8) is 0 Å². The van der Waals surface area contributed by atoms with Crippen molar-refractivity contribution in [2.75, 3.05) is 31.5 Å². The van der Waals surface area contributed by atoms with Gasteiger partial charge in [-0.25, -0.2) is 13.6 Å². The van der Waals surface area contributed by atoms with Gasteiger partial charge in [-0.15, -0.1) is 0 Å². The third-order valence-electron chi connectivity index (χ3n) is 3.64. The fourth-order valence-corrected chi connectivity index (χ4v) is 3.00. The second kappa shape index (κ2) is 7.06. The maximum absolute atomic E-state index is 11.1. The van der Waals surface area contributed by atoms with Gasteiger partial charge in [0.2, 0.25) is 10.0 Å². The van der Waals surface area contributed by atoms with Gasteiger partial charge in [0.25, 0.3) is 0 Å². The summed E-state index contributed by atoms with van der Waals surface area (Å²) in [6.45, 7) is 4.27. The highest BCUT2D eigenvalue weighted by molar-refractivity contribution is 7.89. The Hall–Kier alpha value is -1.11. The molecule has 1 heterocycles. The van der Waals surface area contributed by atoms with E-state index in [9.17, 15) is 8.42 Å². The molecule has 0 bridgehead atoms. The first kappa shape index (κ1) is 15.3. The van der Waals surface area contributed by atoms with E-state index in [1.165, 1.54) is 50.9 Å². The summed E-state index contributed by atoms with van der Waals surface area (Å²) in [6, 6.07) is 6.57. The Morgan fingerprint density at radius 1 is 1.05 bits per heavy atom. The van der Waals surface area contributed by atoms with Gasteiger partial charge in [0.05, 0.1) is 4.90 Å². The quantitative estimate of drug-likeness (QED) is 0.866. The standard InChI is InChI=1S/C14H23N3O2S/c15-20(18,19)14-7-5-13(6-8-14)16-9-12-17-10-3-1-2-4-11-17/h5-8,16H,1-4,9-12H2,(H2,15,18,19). The van der Waals surface area contributed by atoms with Crippen molar-refractivity contribution >= 4 is 15.7 Å². The summed E-state index contributed by atoms with van der Waals surface area (Å²) in [6.07, 6.45) is 5.28. The predicted molar refractivity (Wildman–Crippen MR) is 81.2 cm³/mol. The van der Waals surface area contributed by atoms with E-state index >= 15 is 0 Å². The highest BCUT2D eigenvalue weighted by atomic mass is 32.2. The Morgan fingerprint density at radius 3 is 2.20 bits per heavy atom. The van der Waals surface area contributed by atoms with Gasteiger partial charge in [-0.05, 0) is 50.2 Å². The number of rotatable bonds is 5. The lowest BCUT2D eigenvalue weighted by Crippen LogP contribution is -2.29. The molecule has 1 fully saturated rings. The largest absolute Gasteiger partial charge is 0.384 e. The van der Waals surface area contributed by atoms with Crippen LogP contribution < -0.4 is 10.5 Å². The molecule has 0 aliphatic carbocycles. The monoisotopic (exact) mass is 297 g/mol. The van der Waals surface area contributed by atoms with Crippen LogP contribution in [0.25, 0.3) is 0 Å². The van der Waals surface area contributed by atoms with E-state index in [1.54, 1.807) is 12.1 Å². The van der Waals surface area contributed by atoms with E-state index in [2.05, 4.69) is 10.2 Å². The second-order valence-corrected chi connectivity index (χ2v) is 6.81. The lowest BCUT2D eigenvalue weighted by molar-refractivity contribution is 0.296. The van der Waals surface area contributed by atoms with Crippen LogP contribution in [0.4, 0.5) is 5.69 Å². The van der Waals surface area contributed by atoms with Crippen molar-refractivity contribution in [3.05, 3.63) is 24.3 Å². The van der Waals surface area contributed by atoms with Crippen molar-refractivity contribution in [1.29, 1.82) is 0 Å². The van der Waals surface area contributed by atoms with Gasteiger partial charge in [-0.3, -0.25) is 0 Å². The molecule has 0 saturated carbocycles. The summed E-state index contributed by atoms with van der Waals surface area (Å²) in [4.78, 5) is 2.63. The van der Waals surface area contributed by atoms with E-state index < -0.39 is 10.0 Å². The highest BCUT2D eigenvalue weighted by Gasteiger charge is 2.09. The number of hydrogen-bond acceptors (Lipinski definition) is 4. The minimum absolute atomic E-state index is 0.149. The lowest BCUT2D eigenvalue weighted by atomic mass is 10.2. The summed E-state index contributed by atoms with van der Waals surface area (Å²) in [7, 11) is -3.60. The van der Waals surface area contributed by atoms with Crippen LogP contribution in [0.3, 0.4) is 0 Å². The number of hydrogen-bond donors (Lipinski definition) is 2. The summed E-state index contributed by atoms with van der Waals surface area (Å²) < 4.78 is 22.3. The first-order valence-corrected chi connectivity index (χ1v) is 8.69. The third kappa shape index (κ3) is 4.77. The maximum Gasteiger partial charge on any atom is 0.238 e. The zero-order valence-corrected chi connectivity index (χ0v) is 12.5. The number of nitrogens with one attached hydrogen (secondary N) is 1. The molecule has 5 nitrogen and oxygen atoms in total. The third-order valence-corrected chi connectivity index (χ3v) is 4.57. The Bertz CT molecular complexity index is 506. The van der Waals surface area contributed by atoms with E-state index in [0.29, 0.717) is 0 Å². The summed E-state index contributed by atoms with van der Waals surface area (Å²) in [5, 5.41) is 8.38. The van der Waals surface area contributed by atoms with Gasteiger partial charge in [-0.1, -0.05) is 12.8 Å².